The maximum Gasteiger partial charge on any atom is 0.374 e. The first kappa shape index (κ1) is 21.2. The Bertz CT molecular complexity index is 1120. The van der Waals surface area contributed by atoms with Gasteiger partial charge in [0.05, 0.1) is 29.7 Å². The average Bonchev–Trinajstić information content (AvgIpc) is 3.24. The summed E-state index contributed by atoms with van der Waals surface area (Å²) in [5.74, 6) is -2.64. The van der Waals surface area contributed by atoms with Gasteiger partial charge in [-0.05, 0) is 35.4 Å². The van der Waals surface area contributed by atoms with Crippen molar-refractivity contribution in [2.75, 3.05) is 12.2 Å². The Labute approximate surface area is 184 Å². The van der Waals surface area contributed by atoms with E-state index in [4.69, 9.17) is 9.57 Å². The van der Waals surface area contributed by atoms with Gasteiger partial charge in [0.1, 0.15) is 6.10 Å². The van der Waals surface area contributed by atoms with E-state index in [0.29, 0.717) is 11.3 Å². The van der Waals surface area contributed by atoms with Gasteiger partial charge in [-0.2, -0.15) is 0 Å². The molecule has 0 N–H and O–H groups in total. The predicted octanol–water partition coefficient (Wildman–Crippen LogP) is 4.19. The molecule has 1 saturated heterocycles. The highest BCUT2D eigenvalue weighted by Crippen LogP contribution is 2.49. The second kappa shape index (κ2) is 8.99. The first-order valence-corrected chi connectivity index (χ1v) is 9.93. The molecule has 1 heterocycles. The minimum Gasteiger partial charge on any atom is -0.463 e. The Morgan fingerprint density at radius 3 is 2.06 bits per heavy atom. The number of benzene rings is 3. The fourth-order valence-electron chi connectivity index (χ4n) is 3.93. The number of nitro benzene ring substituents is 1. The Balaban J connectivity index is 1.85. The van der Waals surface area contributed by atoms with Gasteiger partial charge in [-0.3, -0.25) is 19.7 Å². The lowest BCUT2D eigenvalue weighted by Crippen LogP contribution is -2.33. The van der Waals surface area contributed by atoms with Crippen LogP contribution >= 0.6 is 0 Å². The molecule has 1 fully saturated rings. The van der Waals surface area contributed by atoms with Crippen LogP contribution in [0, 0.1) is 16.0 Å². The molecule has 0 unspecified atom stereocenters. The first-order chi connectivity index (χ1) is 15.5. The molecule has 0 aliphatic carbocycles. The van der Waals surface area contributed by atoms with Crippen LogP contribution in [-0.2, 0) is 19.2 Å². The second-order valence-electron chi connectivity index (χ2n) is 7.27. The van der Waals surface area contributed by atoms with E-state index in [-0.39, 0.29) is 5.69 Å². The smallest absolute Gasteiger partial charge is 0.374 e. The molecule has 1 aliphatic rings. The average molecular weight is 432 g/mol. The minimum absolute atomic E-state index is 0.0814. The summed E-state index contributed by atoms with van der Waals surface area (Å²) in [4.78, 5) is 42.3. The number of nitro groups is 1. The van der Waals surface area contributed by atoms with Crippen LogP contribution in [0.1, 0.15) is 23.3 Å². The summed E-state index contributed by atoms with van der Waals surface area (Å²) in [5, 5.41) is 12.7. The van der Waals surface area contributed by atoms with Crippen molar-refractivity contribution in [3.05, 3.63) is 106 Å². The van der Waals surface area contributed by atoms with Gasteiger partial charge in [-0.25, -0.2) is 9.86 Å². The van der Waals surface area contributed by atoms with Gasteiger partial charge in [-0.1, -0.05) is 48.5 Å². The molecule has 0 amide bonds. The third-order valence-corrected chi connectivity index (χ3v) is 5.42. The molecular formula is C24H20N2O6. The van der Waals surface area contributed by atoms with Crippen molar-refractivity contribution in [3.8, 4) is 0 Å². The van der Waals surface area contributed by atoms with E-state index in [1.807, 2.05) is 60.7 Å². The zero-order valence-corrected chi connectivity index (χ0v) is 17.2. The van der Waals surface area contributed by atoms with Crippen LogP contribution in [0.3, 0.4) is 0 Å². The summed E-state index contributed by atoms with van der Waals surface area (Å²) < 4.78 is 4.73. The van der Waals surface area contributed by atoms with Crippen LogP contribution in [0.5, 0.6) is 0 Å². The molecule has 0 aromatic heterocycles. The number of carbonyl (C=O) groups is 2. The third-order valence-electron chi connectivity index (χ3n) is 5.42. The Morgan fingerprint density at radius 2 is 1.50 bits per heavy atom. The van der Waals surface area contributed by atoms with E-state index in [9.17, 15) is 19.7 Å². The summed E-state index contributed by atoms with van der Waals surface area (Å²) in [5.41, 5.74) is 1.94. The molecule has 0 bridgehead atoms. The van der Waals surface area contributed by atoms with Crippen LogP contribution in [-0.4, -0.2) is 23.8 Å². The molecule has 8 nitrogen and oxygen atoms in total. The number of rotatable bonds is 6. The number of carbonyl (C=O) groups excluding carboxylic acids is 2. The third kappa shape index (κ3) is 3.95. The minimum atomic E-state index is -0.971. The molecule has 0 spiro atoms. The summed E-state index contributed by atoms with van der Waals surface area (Å²) >= 11 is 0. The maximum absolute atomic E-state index is 13.2. The van der Waals surface area contributed by atoms with E-state index in [2.05, 4.69) is 0 Å². The Morgan fingerprint density at radius 1 is 0.906 bits per heavy atom. The number of non-ortho nitro benzene ring substituents is 1. The van der Waals surface area contributed by atoms with Crippen molar-refractivity contribution in [1.82, 2.24) is 0 Å². The number of nitrogens with zero attached hydrogens (tertiary/aromatic N) is 2. The SMILES string of the molecule is COC(=O)C(=O)[C@@H]1[C@@H](c2ccccc2)N(c2ccccc2)O[C@H]1c1ccc([N+](=O)[O-])cc1. The topological polar surface area (TPSA) is 99.0 Å². The van der Waals surface area contributed by atoms with Gasteiger partial charge in [0, 0.05) is 12.1 Å². The van der Waals surface area contributed by atoms with E-state index >= 15 is 0 Å². The van der Waals surface area contributed by atoms with E-state index < -0.39 is 34.7 Å². The standard InChI is InChI=1S/C24H20N2O6/c1-31-24(28)22(27)20-21(16-8-4-2-5-9-16)25(18-10-6-3-7-11-18)32-23(20)17-12-14-19(15-13-17)26(29)30/h2-15,20-21,23H,1H3/t20-,21+,23-/m0/s1. The summed E-state index contributed by atoms with van der Waals surface area (Å²) in [6.07, 6.45) is -0.854. The van der Waals surface area contributed by atoms with Crippen LogP contribution in [0.2, 0.25) is 0 Å². The molecule has 162 valence electrons. The van der Waals surface area contributed by atoms with Gasteiger partial charge in [0.25, 0.3) is 5.69 Å². The molecule has 3 aromatic rings. The predicted molar refractivity (Wildman–Crippen MR) is 116 cm³/mol. The van der Waals surface area contributed by atoms with Crippen molar-refractivity contribution in [1.29, 1.82) is 0 Å². The van der Waals surface area contributed by atoms with Gasteiger partial charge in [-0.15, -0.1) is 0 Å². The number of methoxy groups -OCH3 is 1. The number of hydroxylamine groups is 1. The van der Waals surface area contributed by atoms with E-state index in [1.54, 1.807) is 5.06 Å². The lowest BCUT2D eigenvalue weighted by Gasteiger charge is -2.26. The zero-order valence-electron chi connectivity index (χ0n) is 17.2. The molecule has 32 heavy (non-hydrogen) atoms. The quantitative estimate of drug-likeness (QED) is 0.249. The normalized spacial score (nSPS) is 20.0. The fourth-order valence-corrected chi connectivity index (χ4v) is 3.93. The van der Waals surface area contributed by atoms with Gasteiger partial charge in [0.2, 0.25) is 5.78 Å². The van der Waals surface area contributed by atoms with E-state index in [0.717, 1.165) is 12.7 Å². The second-order valence-corrected chi connectivity index (χ2v) is 7.27. The fraction of sp³-hybridized carbons (Fsp3) is 0.167. The van der Waals surface area contributed by atoms with Gasteiger partial charge >= 0.3 is 5.97 Å². The number of Topliss-reactive ketones (excluding diaryl/α,β-unsaturated/α-hetero) is 1. The van der Waals surface area contributed by atoms with Crippen molar-refractivity contribution >= 4 is 23.1 Å². The highest BCUT2D eigenvalue weighted by molar-refractivity contribution is 6.34. The number of hydrogen-bond acceptors (Lipinski definition) is 7. The molecular weight excluding hydrogens is 412 g/mol. The molecule has 0 saturated carbocycles. The summed E-state index contributed by atoms with van der Waals surface area (Å²) in [6.45, 7) is 0. The highest BCUT2D eigenvalue weighted by Gasteiger charge is 2.51. The number of anilines is 1. The Kier molecular flexibility index (Phi) is 5.96. The van der Waals surface area contributed by atoms with E-state index in [1.165, 1.54) is 24.3 Å². The molecule has 1 aliphatic heterocycles. The molecule has 3 atom stereocenters. The van der Waals surface area contributed by atoms with Crippen molar-refractivity contribution in [2.45, 2.75) is 12.1 Å². The molecule has 4 rings (SSSR count). The number of ether oxygens (including phenoxy) is 1. The summed E-state index contributed by atoms with van der Waals surface area (Å²) in [6, 6.07) is 23.7. The molecule has 8 heteroatoms. The largest absolute Gasteiger partial charge is 0.463 e. The van der Waals surface area contributed by atoms with Crippen LogP contribution in [0.25, 0.3) is 0 Å². The van der Waals surface area contributed by atoms with Gasteiger partial charge in [0.15, 0.2) is 0 Å². The van der Waals surface area contributed by atoms with Crippen molar-refractivity contribution in [2.24, 2.45) is 5.92 Å². The first-order valence-electron chi connectivity index (χ1n) is 9.93. The van der Waals surface area contributed by atoms with Crippen LogP contribution in [0.15, 0.2) is 84.9 Å². The monoisotopic (exact) mass is 432 g/mol. The lowest BCUT2D eigenvalue weighted by molar-refractivity contribution is -0.384. The maximum atomic E-state index is 13.2. The number of ketones is 1. The number of para-hydroxylation sites is 1. The van der Waals surface area contributed by atoms with Gasteiger partial charge < -0.3 is 4.74 Å². The lowest BCUT2D eigenvalue weighted by atomic mass is 9.83. The highest BCUT2D eigenvalue weighted by atomic mass is 16.7. The number of hydrogen-bond donors (Lipinski definition) is 0. The van der Waals surface area contributed by atoms with Crippen molar-refractivity contribution in [3.63, 3.8) is 0 Å². The van der Waals surface area contributed by atoms with Crippen molar-refractivity contribution < 1.29 is 24.1 Å². The molecule has 0 radical (unpaired) electrons. The van der Waals surface area contributed by atoms with Crippen LogP contribution in [0.4, 0.5) is 11.4 Å². The number of esters is 1. The Hall–Kier alpha value is -4.04. The van der Waals surface area contributed by atoms with Crippen LogP contribution < -0.4 is 5.06 Å². The zero-order chi connectivity index (χ0) is 22.7. The molecule has 3 aromatic carbocycles. The summed E-state index contributed by atoms with van der Waals surface area (Å²) in [7, 11) is 1.16.